The van der Waals surface area contributed by atoms with E-state index in [1.807, 2.05) is 36.4 Å². The van der Waals surface area contributed by atoms with Gasteiger partial charge in [0.1, 0.15) is 12.0 Å². The lowest BCUT2D eigenvalue weighted by Gasteiger charge is -2.39. The van der Waals surface area contributed by atoms with Crippen molar-refractivity contribution in [3.63, 3.8) is 0 Å². The number of carbonyl (C=O) groups is 2. The predicted molar refractivity (Wildman–Crippen MR) is 83.3 cm³/mol. The highest BCUT2D eigenvalue weighted by atomic mass is 16.6. The molecule has 0 spiro atoms. The third-order valence-electron chi connectivity index (χ3n) is 4.39. The quantitative estimate of drug-likeness (QED) is 0.860. The molecule has 1 aliphatic carbocycles. The van der Waals surface area contributed by atoms with Gasteiger partial charge in [-0.25, -0.2) is 9.69 Å². The molecule has 1 heterocycles. The maximum atomic E-state index is 12.9. The molecule has 0 saturated carbocycles. The van der Waals surface area contributed by atoms with Gasteiger partial charge >= 0.3 is 6.09 Å². The lowest BCUT2D eigenvalue weighted by atomic mass is 9.73. The highest BCUT2D eigenvalue weighted by Gasteiger charge is 2.49. The van der Waals surface area contributed by atoms with Crippen LogP contribution in [0.25, 0.3) is 0 Å². The molecule has 0 N–H and O–H groups in total. The van der Waals surface area contributed by atoms with Crippen LogP contribution in [-0.4, -0.2) is 30.6 Å². The number of ether oxygens (including phenoxy) is 1. The molecule has 4 heteroatoms. The molecule has 1 saturated heterocycles. The first-order valence-corrected chi connectivity index (χ1v) is 7.48. The number of benzene rings is 1. The molecule has 2 aliphatic rings. The maximum Gasteiger partial charge on any atom is 0.416 e. The summed E-state index contributed by atoms with van der Waals surface area (Å²) < 4.78 is 5.29. The number of nitrogens with zero attached hydrogens (tertiary/aromatic N) is 1. The van der Waals surface area contributed by atoms with Gasteiger partial charge in [0.25, 0.3) is 0 Å². The van der Waals surface area contributed by atoms with Gasteiger partial charge in [-0.1, -0.05) is 54.1 Å². The van der Waals surface area contributed by atoms with E-state index < -0.39 is 11.5 Å². The highest BCUT2D eigenvalue weighted by molar-refractivity contribution is 6.00. The Kier molecular flexibility index (Phi) is 3.84. The third-order valence-corrected chi connectivity index (χ3v) is 4.39. The number of imide groups is 1. The SMILES string of the molecule is CN1C(=O)OCC(CC2=CC=CCC2)(c2ccccc2)C1=O. The van der Waals surface area contributed by atoms with Gasteiger partial charge in [-0.2, -0.15) is 0 Å². The van der Waals surface area contributed by atoms with Crippen molar-refractivity contribution < 1.29 is 14.3 Å². The van der Waals surface area contributed by atoms with Crippen molar-refractivity contribution in [3.8, 4) is 0 Å². The molecular weight excluding hydrogens is 278 g/mol. The molecule has 1 aliphatic heterocycles. The van der Waals surface area contributed by atoms with Crippen LogP contribution in [0.4, 0.5) is 4.79 Å². The van der Waals surface area contributed by atoms with E-state index in [2.05, 4.69) is 12.2 Å². The number of hydrogen-bond donors (Lipinski definition) is 0. The fourth-order valence-electron chi connectivity index (χ4n) is 3.13. The zero-order chi connectivity index (χ0) is 15.6. The number of cyclic esters (lactones) is 1. The molecule has 1 aromatic rings. The van der Waals surface area contributed by atoms with Crippen LogP contribution in [0.3, 0.4) is 0 Å². The molecular formula is C18H19NO3. The highest BCUT2D eigenvalue weighted by Crippen LogP contribution is 2.38. The Morgan fingerprint density at radius 1 is 1.23 bits per heavy atom. The van der Waals surface area contributed by atoms with Crippen LogP contribution in [-0.2, 0) is 14.9 Å². The summed E-state index contributed by atoms with van der Waals surface area (Å²) in [4.78, 5) is 25.7. The monoisotopic (exact) mass is 297 g/mol. The van der Waals surface area contributed by atoms with Crippen molar-refractivity contribution in [2.24, 2.45) is 0 Å². The number of amides is 2. The summed E-state index contributed by atoms with van der Waals surface area (Å²) in [5.41, 5.74) is 1.29. The van der Waals surface area contributed by atoms with E-state index in [1.165, 1.54) is 12.6 Å². The van der Waals surface area contributed by atoms with Gasteiger partial charge < -0.3 is 4.74 Å². The van der Waals surface area contributed by atoms with Crippen LogP contribution in [0.2, 0.25) is 0 Å². The number of hydrogen-bond acceptors (Lipinski definition) is 3. The van der Waals surface area contributed by atoms with Crippen molar-refractivity contribution in [3.05, 3.63) is 59.7 Å². The van der Waals surface area contributed by atoms with Crippen molar-refractivity contribution in [1.29, 1.82) is 0 Å². The second kappa shape index (κ2) is 5.79. The molecule has 1 aromatic carbocycles. The summed E-state index contributed by atoms with van der Waals surface area (Å²) >= 11 is 0. The molecule has 4 nitrogen and oxygen atoms in total. The minimum Gasteiger partial charge on any atom is -0.448 e. The average Bonchev–Trinajstić information content (AvgIpc) is 2.57. The van der Waals surface area contributed by atoms with Crippen LogP contribution in [0.1, 0.15) is 24.8 Å². The maximum absolute atomic E-state index is 12.9. The van der Waals surface area contributed by atoms with Gasteiger partial charge in [-0.3, -0.25) is 4.79 Å². The average molecular weight is 297 g/mol. The first kappa shape index (κ1) is 14.6. The van der Waals surface area contributed by atoms with Gasteiger partial charge in [0.2, 0.25) is 5.91 Å². The van der Waals surface area contributed by atoms with Crippen molar-refractivity contribution in [2.75, 3.05) is 13.7 Å². The van der Waals surface area contributed by atoms with Gasteiger partial charge in [0.05, 0.1) is 0 Å². The van der Waals surface area contributed by atoms with Gasteiger partial charge in [0.15, 0.2) is 0 Å². The first-order chi connectivity index (χ1) is 10.6. The minimum absolute atomic E-state index is 0.0973. The van der Waals surface area contributed by atoms with Gasteiger partial charge in [0, 0.05) is 7.05 Å². The van der Waals surface area contributed by atoms with Crippen molar-refractivity contribution in [2.45, 2.75) is 24.7 Å². The van der Waals surface area contributed by atoms with E-state index in [-0.39, 0.29) is 12.5 Å². The number of allylic oxidation sites excluding steroid dienone is 4. The van der Waals surface area contributed by atoms with Crippen LogP contribution >= 0.6 is 0 Å². The standard InChI is InChI=1S/C18H19NO3/c1-19-16(20)18(13-22-17(19)21,15-10-6-3-7-11-15)12-14-8-4-2-5-9-14/h2-4,6-8,10-11H,5,9,12-13H2,1H3. The lowest BCUT2D eigenvalue weighted by Crippen LogP contribution is -2.56. The molecule has 2 amide bonds. The largest absolute Gasteiger partial charge is 0.448 e. The second-order valence-electron chi connectivity index (χ2n) is 5.84. The third kappa shape index (κ3) is 2.45. The summed E-state index contributed by atoms with van der Waals surface area (Å²) in [7, 11) is 1.48. The van der Waals surface area contributed by atoms with E-state index >= 15 is 0 Å². The molecule has 0 bridgehead atoms. The van der Waals surface area contributed by atoms with E-state index in [0.29, 0.717) is 6.42 Å². The van der Waals surface area contributed by atoms with Crippen molar-refractivity contribution in [1.82, 2.24) is 4.90 Å². The molecule has 3 rings (SSSR count). The van der Waals surface area contributed by atoms with Crippen LogP contribution < -0.4 is 0 Å². The van der Waals surface area contributed by atoms with E-state index in [4.69, 9.17) is 4.74 Å². The van der Waals surface area contributed by atoms with Crippen LogP contribution in [0, 0.1) is 0 Å². The zero-order valence-electron chi connectivity index (χ0n) is 12.6. The smallest absolute Gasteiger partial charge is 0.416 e. The van der Waals surface area contributed by atoms with E-state index in [9.17, 15) is 9.59 Å². The van der Waals surface area contributed by atoms with E-state index in [1.54, 1.807) is 0 Å². The zero-order valence-corrected chi connectivity index (χ0v) is 12.6. The fraction of sp³-hybridized carbons (Fsp3) is 0.333. The summed E-state index contributed by atoms with van der Waals surface area (Å²) in [6.45, 7) is 0.0973. The molecule has 0 radical (unpaired) electrons. The lowest BCUT2D eigenvalue weighted by molar-refractivity contribution is -0.141. The predicted octanol–water partition coefficient (Wildman–Crippen LogP) is 3.20. The number of likely N-dealkylation sites (N-methyl/N-ethyl adjacent to an activating group) is 1. The number of carbonyl (C=O) groups excluding carboxylic acids is 2. The van der Waals surface area contributed by atoms with Gasteiger partial charge in [-0.05, 0) is 24.8 Å². The Labute approximate surface area is 130 Å². The molecule has 1 unspecified atom stereocenters. The fourth-order valence-corrected chi connectivity index (χ4v) is 3.13. The Hall–Kier alpha value is -2.36. The summed E-state index contributed by atoms with van der Waals surface area (Å²) in [6.07, 6.45) is 8.15. The summed E-state index contributed by atoms with van der Waals surface area (Å²) in [5, 5.41) is 0. The molecule has 22 heavy (non-hydrogen) atoms. The molecule has 1 fully saturated rings. The Morgan fingerprint density at radius 2 is 2.00 bits per heavy atom. The summed E-state index contributed by atoms with van der Waals surface area (Å²) in [5.74, 6) is -0.189. The van der Waals surface area contributed by atoms with Gasteiger partial charge in [-0.15, -0.1) is 0 Å². The van der Waals surface area contributed by atoms with Crippen molar-refractivity contribution >= 4 is 12.0 Å². The molecule has 1 atom stereocenters. The Bertz CT molecular complexity index is 648. The second-order valence-corrected chi connectivity index (χ2v) is 5.84. The van der Waals surface area contributed by atoms with Crippen LogP contribution in [0.15, 0.2) is 54.1 Å². The number of rotatable bonds is 3. The first-order valence-electron chi connectivity index (χ1n) is 7.48. The Morgan fingerprint density at radius 3 is 2.68 bits per heavy atom. The van der Waals surface area contributed by atoms with Crippen LogP contribution in [0.5, 0.6) is 0 Å². The van der Waals surface area contributed by atoms with E-state index in [0.717, 1.165) is 23.3 Å². The topological polar surface area (TPSA) is 46.6 Å². The normalized spacial score (nSPS) is 25.0. The minimum atomic E-state index is -0.819. The Balaban J connectivity index is 2.02. The molecule has 0 aromatic heterocycles. The molecule has 114 valence electrons. The summed E-state index contributed by atoms with van der Waals surface area (Å²) in [6, 6.07) is 9.61.